The van der Waals surface area contributed by atoms with Crippen molar-refractivity contribution in [2.24, 2.45) is 0 Å². The van der Waals surface area contributed by atoms with Crippen molar-refractivity contribution in [3.63, 3.8) is 0 Å². The van der Waals surface area contributed by atoms with Crippen molar-refractivity contribution in [3.8, 4) is 11.5 Å². The van der Waals surface area contributed by atoms with Gasteiger partial charge in [-0.1, -0.05) is 51.1 Å². The third-order valence-corrected chi connectivity index (χ3v) is 4.39. The molecule has 0 saturated carbocycles. The first kappa shape index (κ1) is 20.3. The molecule has 0 unspecified atom stereocenters. The van der Waals surface area contributed by atoms with E-state index >= 15 is 0 Å². The standard InChI is InChI=1S/C22H31NO3/c1-16(17-9-7-6-8-10-17)23-14-18(24)15-26-21-12-11-19(25-5)13-20(21)22(2,3)4/h6-13,16,18,23-24H,14-15H2,1-5H3/t16-,18+/m0/s1. The molecule has 2 N–H and O–H groups in total. The van der Waals surface area contributed by atoms with E-state index in [4.69, 9.17) is 9.47 Å². The molecule has 0 aromatic heterocycles. The Bertz CT molecular complexity index is 680. The van der Waals surface area contributed by atoms with Crippen molar-refractivity contribution >= 4 is 0 Å². The number of benzene rings is 2. The maximum absolute atomic E-state index is 10.3. The molecule has 0 aliphatic heterocycles. The van der Waals surface area contributed by atoms with Crippen LogP contribution in [0.15, 0.2) is 48.5 Å². The van der Waals surface area contributed by atoms with Crippen LogP contribution in [0.25, 0.3) is 0 Å². The van der Waals surface area contributed by atoms with Gasteiger partial charge >= 0.3 is 0 Å². The Morgan fingerprint density at radius 2 is 1.77 bits per heavy atom. The number of hydrogen-bond donors (Lipinski definition) is 2. The van der Waals surface area contributed by atoms with E-state index in [2.05, 4.69) is 45.1 Å². The van der Waals surface area contributed by atoms with E-state index in [1.807, 2.05) is 36.4 Å². The Morgan fingerprint density at radius 1 is 1.08 bits per heavy atom. The van der Waals surface area contributed by atoms with Crippen LogP contribution >= 0.6 is 0 Å². The van der Waals surface area contributed by atoms with Crippen molar-refractivity contribution in [1.29, 1.82) is 0 Å². The summed E-state index contributed by atoms with van der Waals surface area (Å²) in [5, 5.41) is 13.6. The molecule has 0 saturated heterocycles. The lowest BCUT2D eigenvalue weighted by molar-refractivity contribution is 0.103. The molecule has 4 heteroatoms. The van der Waals surface area contributed by atoms with Crippen LogP contribution in [0.4, 0.5) is 0 Å². The third kappa shape index (κ3) is 5.75. The molecule has 0 fully saturated rings. The van der Waals surface area contributed by atoms with Crippen LogP contribution in [0.2, 0.25) is 0 Å². The summed E-state index contributed by atoms with van der Waals surface area (Å²) in [6, 6.07) is 16.2. The second-order valence-corrected chi connectivity index (χ2v) is 7.62. The number of aliphatic hydroxyl groups excluding tert-OH is 1. The van der Waals surface area contributed by atoms with E-state index in [0.717, 1.165) is 17.1 Å². The second-order valence-electron chi connectivity index (χ2n) is 7.62. The summed E-state index contributed by atoms with van der Waals surface area (Å²) in [7, 11) is 1.66. The van der Waals surface area contributed by atoms with Gasteiger partial charge in [0.1, 0.15) is 24.2 Å². The van der Waals surface area contributed by atoms with Crippen molar-refractivity contribution in [1.82, 2.24) is 5.32 Å². The maximum atomic E-state index is 10.3. The summed E-state index contributed by atoms with van der Waals surface area (Å²) in [5.74, 6) is 1.59. The van der Waals surface area contributed by atoms with Crippen molar-refractivity contribution < 1.29 is 14.6 Å². The molecule has 0 aliphatic carbocycles. The molecule has 2 aromatic rings. The van der Waals surface area contributed by atoms with E-state index in [-0.39, 0.29) is 18.1 Å². The second kappa shape index (κ2) is 9.06. The predicted molar refractivity (Wildman–Crippen MR) is 106 cm³/mol. The largest absolute Gasteiger partial charge is 0.497 e. The van der Waals surface area contributed by atoms with Crippen molar-refractivity contribution in [2.75, 3.05) is 20.3 Å². The molecule has 0 spiro atoms. The Kier molecular flexibility index (Phi) is 7.06. The van der Waals surface area contributed by atoms with Gasteiger partial charge < -0.3 is 19.9 Å². The van der Waals surface area contributed by atoms with Crippen LogP contribution < -0.4 is 14.8 Å². The van der Waals surface area contributed by atoms with Crippen LogP contribution in [-0.2, 0) is 5.41 Å². The summed E-state index contributed by atoms with van der Waals surface area (Å²) >= 11 is 0. The zero-order chi connectivity index (χ0) is 19.2. The number of ether oxygens (including phenoxy) is 2. The van der Waals surface area contributed by atoms with Gasteiger partial charge in [0.25, 0.3) is 0 Å². The molecular weight excluding hydrogens is 326 g/mol. The summed E-state index contributed by atoms with van der Waals surface area (Å²) < 4.78 is 11.2. The summed E-state index contributed by atoms with van der Waals surface area (Å²) in [5.41, 5.74) is 2.19. The van der Waals surface area contributed by atoms with E-state index < -0.39 is 6.10 Å². The van der Waals surface area contributed by atoms with E-state index in [1.165, 1.54) is 5.56 Å². The molecule has 0 aliphatic rings. The van der Waals surface area contributed by atoms with Gasteiger partial charge in [0.05, 0.1) is 7.11 Å². The fourth-order valence-corrected chi connectivity index (χ4v) is 2.77. The SMILES string of the molecule is COc1ccc(OC[C@H](O)CN[C@@H](C)c2ccccc2)c(C(C)(C)C)c1. The highest BCUT2D eigenvalue weighted by Crippen LogP contribution is 2.34. The van der Waals surface area contributed by atoms with Crippen LogP contribution in [0.3, 0.4) is 0 Å². The van der Waals surface area contributed by atoms with Crippen LogP contribution in [0.5, 0.6) is 11.5 Å². The minimum atomic E-state index is -0.587. The molecule has 2 atom stereocenters. The lowest BCUT2D eigenvalue weighted by Gasteiger charge is -2.24. The molecule has 0 amide bonds. The quantitative estimate of drug-likeness (QED) is 0.747. The van der Waals surface area contributed by atoms with Crippen LogP contribution in [0, 0.1) is 0 Å². The first-order valence-electron chi connectivity index (χ1n) is 9.09. The average molecular weight is 357 g/mol. The summed E-state index contributed by atoms with van der Waals surface area (Å²) in [6.45, 7) is 9.20. The molecule has 0 radical (unpaired) electrons. The summed E-state index contributed by atoms with van der Waals surface area (Å²) in [6.07, 6.45) is -0.587. The van der Waals surface area contributed by atoms with Gasteiger partial charge in [0.2, 0.25) is 0 Å². The Balaban J connectivity index is 1.92. The van der Waals surface area contributed by atoms with Gasteiger partial charge in [-0.2, -0.15) is 0 Å². The number of methoxy groups -OCH3 is 1. The van der Waals surface area contributed by atoms with E-state index in [1.54, 1.807) is 7.11 Å². The molecular formula is C22H31NO3. The third-order valence-electron chi connectivity index (χ3n) is 4.39. The molecule has 4 nitrogen and oxygen atoms in total. The predicted octanol–water partition coefficient (Wildman–Crippen LogP) is 4.08. The van der Waals surface area contributed by atoms with Crippen LogP contribution in [0.1, 0.15) is 44.9 Å². The first-order chi connectivity index (χ1) is 12.3. The molecule has 2 rings (SSSR count). The minimum absolute atomic E-state index is 0.0745. The topological polar surface area (TPSA) is 50.7 Å². The Hall–Kier alpha value is -2.04. The van der Waals surface area contributed by atoms with Crippen LogP contribution in [-0.4, -0.2) is 31.5 Å². The fourth-order valence-electron chi connectivity index (χ4n) is 2.77. The number of nitrogens with one attached hydrogen (secondary N) is 1. The highest BCUT2D eigenvalue weighted by molar-refractivity contribution is 5.44. The van der Waals surface area contributed by atoms with Gasteiger partial charge in [-0.25, -0.2) is 0 Å². The highest BCUT2D eigenvalue weighted by Gasteiger charge is 2.20. The Morgan fingerprint density at radius 3 is 2.38 bits per heavy atom. The zero-order valence-corrected chi connectivity index (χ0v) is 16.5. The average Bonchev–Trinajstić information content (AvgIpc) is 2.64. The normalized spacial score (nSPS) is 13.9. The van der Waals surface area contributed by atoms with E-state index in [9.17, 15) is 5.11 Å². The van der Waals surface area contributed by atoms with Gasteiger partial charge in [0, 0.05) is 18.2 Å². The first-order valence-corrected chi connectivity index (χ1v) is 9.09. The number of rotatable bonds is 8. The fraction of sp³-hybridized carbons (Fsp3) is 0.455. The monoisotopic (exact) mass is 357 g/mol. The smallest absolute Gasteiger partial charge is 0.123 e. The Labute approximate surface area is 157 Å². The van der Waals surface area contributed by atoms with Gasteiger partial charge in [0.15, 0.2) is 0 Å². The zero-order valence-electron chi connectivity index (χ0n) is 16.5. The maximum Gasteiger partial charge on any atom is 0.123 e. The molecule has 0 bridgehead atoms. The van der Waals surface area contributed by atoms with Gasteiger partial charge in [-0.15, -0.1) is 0 Å². The number of hydrogen-bond acceptors (Lipinski definition) is 4. The van der Waals surface area contributed by atoms with Crippen molar-refractivity contribution in [2.45, 2.75) is 45.3 Å². The minimum Gasteiger partial charge on any atom is -0.497 e. The van der Waals surface area contributed by atoms with E-state index in [0.29, 0.717) is 6.54 Å². The van der Waals surface area contributed by atoms with Gasteiger partial charge in [-0.05, 0) is 36.1 Å². The molecule has 26 heavy (non-hydrogen) atoms. The molecule has 2 aromatic carbocycles. The lowest BCUT2D eigenvalue weighted by Crippen LogP contribution is -2.33. The highest BCUT2D eigenvalue weighted by atomic mass is 16.5. The van der Waals surface area contributed by atoms with Gasteiger partial charge in [-0.3, -0.25) is 0 Å². The number of aliphatic hydroxyl groups is 1. The molecule has 0 heterocycles. The molecule has 142 valence electrons. The van der Waals surface area contributed by atoms with Crippen molar-refractivity contribution in [3.05, 3.63) is 59.7 Å². The summed E-state index contributed by atoms with van der Waals surface area (Å²) in [4.78, 5) is 0. The lowest BCUT2D eigenvalue weighted by atomic mass is 9.86.